The molecule has 1 aromatic rings. The second-order valence-corrected chi connectivity index (χ2v) is 8.60. The van der Waals surface area contributed by atoms with Crippen LogP contribution < -0.4 is 5.32 Å². The van der Waals surface area contributed by atoms with Crippen molar-refractivity contribution in [2.24, 2.45) is 11.8 Å². The maximum Gasteiger partial charge on any atom is 0.252 e. The number of amides is 3. The maximum absolute atomic E-state index is 12.8. The molecule has 0 aromatic heterocycles. The lowest BCUT2D eigenvalue weighted by atomic mass is 9.72. The van der Waals surface area contributed by atoms with Crippen molar-refractivity contribution >= 4 is 29.3 Å². The van der Waals surface area contributed by atoms with Gasteiger partial charge in [-0.2, -0.15) is 0 Å². The molecule has 3 amide bonds. The fourth-order valence-electron chi connectivity index (χ4n) is 5.23. The van der Waals surface area contributed by atoms with Gasteiger partial charge in [-0.05, 0) is 43.2 Å². The van der Waals surface area contributed by atoms with Crippen LogP contribution in [0.2, 0.25) is 5.02 Å². The molecule has 6 nitrogen and oxygen atoms in total. The van der Waals surface area contributed by atoms with Crippen LogP contribution in [0.25, 0.3) is 0 Å². The molecule has 3 aliphatic heterocycles. The Morgan fingerprint density at radius 3 is 2.71 bits per heavy atom. The van der Waals surface area contributed by atoms with Crippen LogP contribution in [-0.4, -0.2) is 59.2 Å². The van der Waals surface area contributed by atoms with E-state index in [-0.39, 0.29) is 35.7 Å². The lowest BCUT2D eigenvalue weighted by Gasteiger charge is -2.56. The van der Waals surface area contributed by atoms with Crippen LogP contribution in [0.1, 0.15) is 43.0 Å². The molecule has 4 atom stereocenters. The number of nitrogens with one attached hydrogen (secondary N) is 1. The summed E-state index contributed by atoms with van der Waals surface area (Å²) in [5, 5.41) is 3.40. The first-order valence-corrected chi connectivity index (χ1v) is 10.4. The van der Waals surface area contributed by atoms with Gasteiger partial charge in [-0.1, -0.05) is 23.7 Å². The van der Waals surface area contributed by atoms with Gasteiger partial charge >= 0.3 is 0 Å². The third-order valence-corrected chi connectivity index (χ3v) is 6.86. The van der Waals surface area contributed by atoms with Crippen LogP contribution in [-0.2, 0) is 9.59 Å². The molecule has 4 rings (SSSR count). The monoisotopic (exact) mass is 403 g/mol. The van der Waals surface area contributed by atoms with Crippen molar-refractivity contribution in [3.05, 3.63) is 34.9 Å². The number of piperidine rings is 3. The Balaban J connectivity index is 1.54. The lowest BCUT2D eigenvalue weighted by molar-refractivity contribution is -0.155. The van der Waals surface area contributed by atoms with E-state index in [1.54, 1.807) is 31.2 Å². The smallest absolute Gasteiger partial charge is 0.252 e. The number of likely N-dealkylation sites (tertiary alicyclic amines) is 1. The van der Waals surface area contributed by atoms with Crippen molar-refractivity contribution in [3.63, 3.8) is 0 Å². The molecule has 0 radical (unpaired) electrons. The highest BCUT2D eigenvalue weighted by molar-refractivity contribution is 6.33. The SMILES string of the molecule is CC(=O)N1C[C@H]2C[C@@H](C1)[C@H](CNC(=O)c1ccccc1Cl)N1C(=O)CCC[C@@H]21. The third kappa shape index (κ3) is 3.50. The largest absolute Gasteiger partial charge is 0.350 e. The van der Waals surface area contributed by atoms with Crippen LogP contribution in [0.15, 0.2) is 24.3 Å². The summed E-state index contributed by atoms with van der Waals surface area (Å²) in [6.07, 6.45) is 3.45. The van der Waals surface area contributed by atoms with Gasteiger partial charge in [0.05, 0.1) is 16.6 Å². The number of hydrogen-bond donors (Lipinski definition) is 1. The van der Waals surface area contributed by atoms with Crippen LogP contribution in [0.3, 0.4) is 0 Å². The molecule has 3 saturated heterocycles. The van der Waals surface area contributed by atoms with Gasteiger partial charge in [-0.15, -0.1) is 0 Å². The van der Waals surface area contributed by atoms with Crippen LogP contribution >= 0.6 is 11.6 Å². The Labute approximate surface area is 170 Å². The quantitative estimate of drug-likeness (QED) is 0.842. The number of rotatable bonds is 3. The number of benzene rings is 1. The van der Waals surface area contributed by atoms with E-state index in [4.69, 9.17) is 11.6 Å². The van der Waals surface area contributed by atoms with Crippen molar-refractivity contribution in [1.29, 1.82) is 0 Å². The molecule has 2 bridgehead atoms. The molecule has 1 aromatic carbocycles. The molecule has 3 aliphatic rings. The fourth-order valence-corrected chi connectivity index (χ4v) is 5.45. The minimum atomic E-state index is -0.229. The predicted octanol–water partition coefficient (Wildman–Crippen LogP) is 2.32. The summed E-state index contributed by atoms with van der Waals surface area (Å²) in [6, 6.07) is 7.04. The van der Waals surface area contributed by atoms with Crippen LogP contribution in [0.5, 0.6) is 0 Å². The highest BCUT2D eigenvalue weighted by Crippen LogP contribution is 2.41. The van der Waals surface area contributed by atoms with E-state index in [0.717, 1.165) is 25.8 Å². The van der Waals surface area contributed by atoms with E-state index < -0.39 is 0 Å². The molecule has 3 heterocycles. The van der Waals surface area contributed by atoms with E-state index in [9.17, 15) is 14.4 Å². The van der Waals surface area contributed by atoms with Crippen molar-refractivity contribution in [2.45, 2.75) is 44.7 Å². The number of halogens is 1. The maximum atomic E-state index is 12.8. The van der Waals surface area contributed by atoms with Crippen molar-refractivity contribution in [2.75, 3.05) is 19.6 Å². The van der Waals surface area contributed by atoms with Crippen molar-refractivity contribution < 1.29 is 14.4 Å². The lowest BCUT2D eigenvalue weighted by Crippen LogP contribution is -2.67. The van der Waals surface area contributed by atoms with Crippen LogP contribution in [0, 0.1) is 11.8 Å². The van der Waals surface area contributed by atoms with E-state index in [0.29, 0.717) is 36.0 Å². The molecule has 28 heavy (non-hydrogen) atoms. The Morgan fingerprint density at radius 1 is 1.21 bits per heavy atom. The molecular weight excluding hydrogens is 378 g/mol. The molecule has 0 unspecified atom stereocenters. The van der Waals surface area contributed by atoms with E-state index in [2.05, 4.69) is 5.32 Å². The van der Waals surface area contributed by atoms with Gasteiger partial charge in [0, 0.05) is 39.0 Å². The zero-order valence-corrected chi connectivity index (χ0v) is 16.8. The topological polar surface area (TPSA) is 69.7 Å². The molecule has 0 saturated carbocycles. The van der Waals surface area contributed by atoms with E-state index in [1.807, 2.05) is 9.80 Å². The van der Waals surface area contributed by atoms with Gasteiger partial charge < -0.3 is 15.1 Å². The average molecular weight is 404 g/mol. The fraction of sp³-hybridized carbons (Fsp3) is 0.571. The molecule has 0 spiro atoms. The van der Waals surface area contributed by atoms with Crippen molar-refractivity contribution in [1.82, 2.24) is 15.1 Å². The molecule has 0 aliphatic carbocycles. The molecule has 150 valence electrons. The average Bonchev–Trinajstić information content (AvgIpc) is 2.68. The second-order valence-electron chi connectivity index (χ2n) is 8.20. The number of carbonyl (C=O) groups is 3. The number of nitrogens with zero attached hydrogens (tertiary/aromatic N) is 2. The summed E-state index contributed by atoms with van der Waals surface area (Å²) in [6.45, 7) is 3.38. The van der Waals surface area contributed by atoms with Crippen molar-refractivity contribution in [3.8, 4) is 0 Å². The minimum Gasteiger partial charge on any atom is -0.350 e. The molecule has 7 heteroatoms. The second kappa shape index (κ2) is 7.74. The Morgan fingerprint density at radius 2 is 1.96 bits per heavy atom. The van der Waals surface area contributed by atoms with Crippen LogP contribution in [0.4, 0.5) is 0 Å². The van der Waals surface area contributed by atoms with E-state index >= 15 is 0 Å². The van der Waals surface area contributed by atoms with Gasteiger partial charge in [-0.3, -0.25) is 14.4 Å². The molecular formula is C21H26ClN3O3. The van der Waals surface area contributed by atoms with E-state index in [1.165, 1.54) is 0 Å². The first-order chi connectivity index (χ1) is 13.5. The third-order valence-electron chi connectivity index (χ3n) is 6.53. The zero-order chi connectivity index (χ0) is 19.8. The van der Waals surface area contributed by atoms with Gasteiger partial charge in [-0.25, -0.2) is 0 Å². The standard InChI is InChI=1S/C21H26ClN3O3/c1-13(26)24-11-14-9-15(12-24)19(25-18(14)7-4-8-20(25)27)10-23-21(28)16-5-2-3-6-17(16)22/h2-3,5-6,14-15,18-19H,4,7-12H2,1H3,(H,23,28)/t14-,15+,18+,19+/m1/s1. The molecule has 3 fully saturated rings. The first kappa shape index (κ1) is 19.2. The molecule has 1 N–H and O–H groups in total. The number of carbonyl (C=O) groups excluding carboxylic acids is 3. The Bertz CT molecular complexity index is 799. The highest BCUT2D eigenvalue weighted by atomic mass is 35.5. The summed E-state index contributed by atoms with van der Waals surface area (Å²) in [5.74, 6) is 0.561. The minimum absolute atomic E-state index is 0.0809. The Kier molecular flexibility index (Phi) is 5.32. The summed E-state index contributed by atoms with van der Waals surface area (Å²) in [4.78, 5) is 41.4. The van der Waals surface area contributed by atoms with Gasteiger partial charge in [0.15, 0.2) is 0 Å². The normalized spacial score (nSPS) is 29.3. The van der Waals surface area contributed by atoms with Gasteiger partial charge in [0.25, 0.3) is 5.91 Å². The predicted molar refractivity (Wildman–Crippen MR) is 106 cm³/mol. The van der Waals surface area contributed by atoms with Gasteiger partial charge in [0.2, 0.25) is 11.8 Å². The summed E-state index contributed by atoms with van der Waals surface area (Å²) in [7, 11) is 0. The first-order valence-electron chi connectivity index (χ1n) is 10.0. The number of fused-ring (bicyclic) bond motifs is 4. The zero-order valence-electron chi connectivity index (χ0n) is 16.1. The Hall–Kier alpha value is -2.08. The number of hydrogen-bond acceptors (Lipinski definition) is 3. The summed E-state index contributed by atoms with van der Waals surface area (Å²) >= 11 is 6.14. The summed E-state index contributed by atoms with van der Waals surface area (Å²) in [5.41, 5.74) is 0.438. The highest BCUT2D eigenvalue weighted by Gasteiger charge is 2.49. The van der Waals surface area contributed by atoms with Gasteiger partial charge in [0.1, 0.15) is 0 Å². The summed E-state index contributed by atoms with van der Waals surface area (Å²) < 4.78 is 0.